The summed E-state index contributed by atoms with van der Waals surface area (Å²) in [5.74, 6) is 1.05. The van der Waals surface area contributed by atoms with Crippen LogP contribution in [-0.2, 0) is 9.59 Å². The van der Waals surface area contributed by atoms with Crippen LogP contribution < -0.4 is 9.47 Å². The van der Waals surface area contributed by atoms with Crippen LogP contribution in [-0.4, -0.2) is 70.3 Å². The molecule has 180 valence electrons. The van der Waals surface area contributed by atoms with E-state index in [1.807, 2.05) is 73.1 Å². The lowest BCUT2D eigenvalue weighted by Crippen LogP contribution is -2.54. The molecule has 2 aliphatic heterocycles. The number of benzene rings is 2. The monoisotopic (exact) mass is 472 g/mol. The van der Waals surface area contributed by atoms with Gasteiger partial charge in [-0.05, 0) is 44.2 Å². The van der Waals surface area contributed by atoms with Gasteiger partial charge in [0.05, 0.1) is 11.4 Å². The fourth-order valence-electron chi connectivity index (χ4n) is 4.47. The number of hydrogen-bond acceptors (Lipinski definition) is 5. The highest BCUT2D eigenvalue weighted by Gasteiger charge is 2.33. The molecule has 3 aromatic rings. The fraction of sp³-hybridized carbons (Fsp3) is 0.296. The maximum absolute atomic E-state index is 12.9. The summed E-state index contributed by atoms with van der Waals surface area (Å²) in [5, 5.41) is 4.63. The Balaban J connectivity index is 1.18. The van der Waals surface area contributed by atoms with Gasteiger partial charge in [-0.2, -0.15) is 5.10 Å². The Morgan fingerprint density at radius 2 is 1.57 bits per heavy atom. The van der Waals surface area contributed by atoms with Crippen LogP contribution in [0.15, 0.2) is 60.7 Å². The Labute approximate surface area is 204 Å². The van der Waals surface area contributed by atoms with Crippen molar-refractivity contribution in [3.05, 3.63) is 77.6 Å². The predicted molar refractivity (Wildman–Crippen MR) is 132 cm³/mol. The molecule has 0 aliphatic carbocycles. The maximum atomic E-state index is 12.9. The summed E-state index contributed by atoms with van der Waals surface area (Å²) in [5.41, 5.74) is 3.76. The van der Waals surface area contributed by atoms with Gasteiger partial charge >= 0.3 is 0 Å². The third-order valence-electron chi connectivity index (χ3n) is 6.43. The normalized spacial score (nSPS) is 17.6. The van der Waals surface area contributed by atoms with Gasteiger partial charge in [0.25, 0.3) is 5.91 Å². The van der Waals surface area contributed by atoms with Crippen molar-refractivity contribution in [2.45, 2.75) is 20.0 Å². The van der Waals surface area contributed by atoms with Crippen molar-refractivity contribution in [3.63, 3.8) is 0 Å². The first-order valence-corrected chi connectivity index (χ1v) is 11.8. The van der Waals surface area contributed by atoms with Crippen molar-refractivity contribution in [2.24, 2.45) is 0 Å². The molecule has 0 spiro atoms. The lowest BCUT2D eigenvalue weighted by molar-refractivity contribution is -0.145. The van der Waals surface area contributed by atoms with E-state index in [2.05, 4.69) is 5.10 Å². The molecule has 2 aliphatic rings. The molecule has 0 N–H and O–H groups in total. The van der Waals surface area contributed by atoms with Crippen molar-refractivity contribution < 1.29 is 19.1 Å². The van der Waals surface area contributed by atoms with Gasteiger partial charge in [-0.15, -0.1) is 0 Å². The highest BCUT2D eigenvalue weighted by molar-refractivity contribution is 5.92. The molecule has 8 heteroatoms. The number of fused-ring (bicyclic) bond motifs is 1. The molecule has 5 rings (SSSR count). The van der Waals surface area contributed by atoms with E-state index in [0.717, 1.165) is 22.6 Å². The van der Waals surface area contributed by atoms with E-state index < -0.39 is 6.10 Å². The van der Waals surface area contributed by atoms with Gasteiger partial charge in [0, 0.05) is 43.5 Å². The van der Waals surface area contributed by atoms with Crippen molar-refractivity contribution in [2.75, 3.05) is 32.8 Å². The maximum Gasteiger partial charge on any atom is 0.267 e. The molecular formula is C27H28N4O4. The minimum Gasteiger partial charge on any atom is -0.485 e. The number of carbonyl (C=O) groups excluding carboxylic acids is 2. The highest BCUT2D eigenvalue weighted by Crippen LogP contribution is 2.31. The minimum atomic E-state index is -0.667. The summed E-state index contributed by atoms with van der Waals surface area (Å²) in [6.45, 7) is 5.99. The first kappa shape index (κ1) is 22.7. The summed E-state index contributed by atoms with van der Waals surface area (Å²) in [6, 6.07) is 17.3. The molecule has 0 bridgehead atoms. The Kier molecular flexibility index (Phi) is 6.27. The van der Waals surface area contributed by atoms with Crippen molar-refractivity contribution in [1.29, 1.82) is 0 Å². The Morgan fingerprint density at radius 1 is 0.914 bits per heavy atom. The number of ether oxygens (including phenoxy) is 2. The number of aromatic nitrogens is 2. The molecule has 8 nitrogen and oxygen atoms in total. The Hall–Kier alpha value is -4.07. The van der Waals surface area contributed by atoms with Crippen molar-refractivity contribution in [1.82, 2.24) is 19.6 Å². The van der Waals surface area contributed by atoms with E-state index in [1.165, 1.54) is 0 Å². The summed E-state index contributed by atoms with van der Waals surface area (Å²) >= 11 is 0. The van der Waals surface area contributed by atoms with E-state index in [9.17, 15) is 9.59 Å². The average Bonchev–Trinajstić information content (AvgIpc) is 3.20. The Bertz CT molecular complexity index is 1260. The molecule has 1 unspecified atom stereocenters. The summed E-state index contributed by atoms with van der Waals surface area (Å²) in [4.78, 5) is 29.3. The zero-order valence-corrected chi connectivity index (χ0v) is 19.9. The number of rotatable bonds is 4. The van der Waals surface area contributed by atoms with Crippen molar-refractivity contribution in [3.8, 4) is 17.2 Å². The third-order valence-corrected chi connectivity index (χ3v) is 6.43. The molecule has 1 fully saturated rings. The van der Waals surface area contributed by atoms with Crippen LogP contribution in [0.3, 0.4) is 0 Å². The second-order valence-corrected chi connectivity index (χ2v) is 8.68. The van der Waals surface area contributed by atoms with Gasteiger partial charge in [0.1, 0.15) is 6.61 Å². The molecule has 1 aromatic heterocycles. The second-order valence-electron chi connectivity index (χ2n) is 8.68. The van der Waals surface area contributed by atoms with E-state index in [1.54, 1.807) is 21.9 Å². The molecule has 1 saturated heterocycles. The van der Waals surface area contributed by atoms with Gasteiger partial charge < -0.3 is 19.3 Å². The van der Waals surface area contributed by atoms with Crippen molar-refractivity contribution >= 4 is 17.9 Å². The number of nitrogens with zero attached hydrogens (tertiary/aromatic N) is 4. The van der Waals surface area contributed by atoms with E-state index >= 15 is 0 Å². The average molecular weight is 473 g/mol. The first-order chi connectivity index (χ1) is 17.0. The summed E-state index contributed by atoms with van der Waals surface area (Å²) in [7, 11) is 0. The number of piperazine rings is 1. The number of amides is 2. The van der Waals surface area contributed by atoms with Gasteiger partial charge in [-0.3, -0.25) is 9.59 Å². The first-order valence-electron chi connectivity index (χ1n) is 11.8. The number of hydrogen-bond donors (Lipinski definition) is 0. The van der Waals surface area contributed by atoms with Crippen LogP contribution in [0.5, 0.6) is 11.5 Å². The predicted octanol–water partition coefficient (Wildman–Crippen LogP) is 3.01. The number of carbonyl (C=O) groups is 2. The van der Waals surface area contributed by atoms with E-state index in [-0.39, 0.29) is 18.4 Å². The Morgan fingerprint density at radius 3 is 2.31 bits per heavy atom. The third kappa shape index (κ3) is 4.64. The fourth-order valence-corrected chi connectivity index (χ4v) is 4.47. The lowest BCUT2D eigenvalue weighted by Gasteiger charge is -2.36. The molecule has 2 amide bonds. The molecule has 0 saturated carbocycles. The molecule has 3 heterocycles. The largest absolute Gasteiger partial charge is 0.485 e. The number of para-hydroxylation sites is 3. The van der Waals surface area contributed by atoms with E-state index in [0.29, 0.717) is 37.7 Å². The number of aryl methyl sites for hydroxylation is 1. The minimum absolute atomic E-state index is 0.0745. The van der Waals surface area contributed by atoms with Gasteiger partial charge in [-0.25, -0.2) is 4.68 Å². The SMILES string of the molecule is Cc1nn(-c2ccccc2)c(C)c1C=CC(=O)N1CCN(C(=O)C2COc3ccccc3O2)CC1. The molecular weight excluding hydrogens is 444 g/mol. The second kappa shape index (κ2) is 9.66. The zero-order chi connectivity index (χ0) is 24.4. The van der Waals surface area contributed by atoms with Crippen LogP contribution in [0.4, 0.5) is 0 Å². The topological polar surface area (TPSA) is 76.9 Å². The van der Waals surface area contributed by atoms with Crippen LogP contribution in [0.1, 0.15) is 17.0 Å². The van der Waals surface area contributed by atoms with E-state index in [4.69, 9.17) is 9.47 Å². The quantitative estimate of drug-likeness (QED) is 0.546. The van der Waals surface area contributed by atoms with Crippen LogP contribution in [0, 0.1) is 13.8 Å². The highest BCUT2D eigenvalue weighted by atomic mass is 16.6. The standard InChI is InChI=1S/C27H28N4O4/c1-19-22(20(2)31(28-19)21-8-4-3-5-9-21)12-13-26(32)29-14-16-30(17-15-29)27(33)25-18-34-23-10-6-7-11-24(23)35-25/h3-13,25H,14-18H2,1-2H3. The summed E-state index contributed by atoms with van der Waals surface area (Å²) in [6.07, 6.45) is 2.76. The summed E-state index contributed by atoms with van der Waals surface area (Å²) < 4.78 is 13.4. The van der Waals surface area contributed by atoms with Gasteiger partial charge in [-0.1, -0.05) is 30.3 Å². The van der Waals surface area contributed by atoms with Gasteiger partial charge in [0.2, 0.25) is 12.0 Å². The zero-order valence-electron chi connectivity index (χ0n) is 19.9. The van der Waals surface area contributed by atoms with Crippen LogP contribution in [0.2, 0.25) is 0 Å². The molecule has 1 atom stereocenters. The van der Waals surface area contributed by atoms with Crippen LogP contribution >= 0.6 is 0 Å². The molecule has 2 aromatic carbocycles. The molecule has 0 radical (unpaired) electrons. The smallest absolute Gasteiger partial charge is 0.267 e. The molecule has 35 heavy (non-hydrogen) atoms. The van der Waals surface area contributed by atoms with Gasteiger partial charge in [0.15, 0.2) is 11.5 Å². The van der Waals surface area contributed by atoms with Crippen LogP contribution in [0.25, 0.3) is 11.8 Å². The lowest BCUT2D eigenvalue weighted by atomic mass is 10.1.